The average Bonchev–Trinajstić information content (AvgIpc) is 2.86. The van der Waals surface area contributed by atoms with E-state index in [1.165, 1.54) is 45.9 Å². The van der Waals surface area contributed by atoms with E-state index in [4.69, 9.17) is 14.2 Å². The first-order chi connectivity index (χ1) is 16.9. The van der Waals surface area contributed by atoms with Gasteiger partial charge in [0.1, 0.15) is 12.3 Å². The lowest BCUT2D eigenvalue weighted by molar-refractivity contribution is -0.119. The van der Waals surface area contributed by atoms with E-state index in [0.29, 0.717) is 17.2 Å². The van der Waals surface area contributed by atoms with Crippen LogP contribution < -0.4 is 23.9 Å². The summed E-state index contributed by atoms with van der Waals surface area (Å²) >= 11 is 0. The number of amides is 1. The monoisotopic (exact) mass is 503 g/mol. The van der Waals surface area contributed by atoms with Crippen LogP contribution in [-0.2, 0) is 14.8 Å². The van der Waals surface area contributed by atoms with Crippen molar-refractivity contribution in [2.45, 2.75) is 49.8 Å². The predicted molar refractivity (Wildman–Crippen MR) is 135 cm³/mol. The molecule has 0 heterocycles. The fraction of sp³-hybridized carbons (Fsp3) is 0.440. The van der Waals surface area contributed by atoms with Crippen molar-refractivity contribution >= 4 is 27.3 Å². The van der Waals surface area contributed by atoms with Gasteiger partial charge in [-0.3, -0.25) is 9.10 Å². The Bertz CT molecular complexity index is 1120. The molecule has 9 nitrogen and oxygen atoms in total. The quantitative estimate of drug-likeness (QED) is 0.516. The van der Waals surface area contributed by atoms with E-state index in [2.05, 4.69) is 10.5 Å². The summed E-state index contributed by atoms with van der Waals surface area (Å²) in [7, 11) is 0.289. The molecule has 0 spiro atoms. The molecule has 3 rings (SSSR count). The van der Waals surface area contributed by atoms with Gasteiger partial charge in [0.25, 0.3) is 15.9 Å². The standard InChI is InChI=1S/C25H33N3O6S/c1-32-21-13-11-20(12-14-21)28(18-25(29)27-26-19-9-7-5-4-6-8-10-19)35(30,31)22-15-16-23(33-2)24(17-22)34-3/h11-17H,4-10,18H2,1-3H3,(H,27,29). The number of carbonyl (C=O) groups excluding carboxylic acids is 1. The second-order valence-electron chi connectivity index (χ2n) is 8.21. The van der Waals surface area contributed by atoms with Gasteiger partial charge in [0.15, 0.2) is 11.5 Å². The number of rotatable bonds is 9. The van der Waals surface area contributed by atoms with Crippen molar-refractivity contribution in [1.29, 1.82) is 0 Å². The van der Waals surface area contributed by atoms with E-state index in [9.17, 15) is 13.2 Å². The van der Waals surface area contributed by atoms with Crippen LogP contribution in [0.15, 0.2) is 52.5 Å². The minimum absolute atomic E-state index is 0.0369. The minimum Gasteiger partial charge on any atom is -0.497 e. The smallest absolute Gasteiger partial charge is 0.264 e. The van der Waals surface area contributed by atoms with E-state index in [1.807, 2.05) is 0 Å². The van der Waals surface area contributed by atoms with Gasteiger partial charge in [-0.25, -0.2) is 13.8 Å². The molecular formula is C25H33N3O6S. The Morgan fingerprint density at radius 1 is 0.886 bits per heavy atom. The molecule has 35 heavy (non-hydrogen) atoms. The van der Waals surface area contributed by atoms with Gasteiger partial charge in [-0.15, -0.1) is 0 Å². The molecule has 0 unspecified atom stereocenters. The second kappa shape index (κ2) is 12.4. The Hall–Kier alpha value is -3.27. The van der Waals surface area contributed by atoms with Crippen molar-refractivity contribution in [1.82, 2.24) is 5.43 Å². The van der Waals surface area contributed by atoms with Gasteiger partial charge in [-0.1, -0.05) is 19.3 Å². The van der Waals surface area contributed by atoms with Crippen LogP contribution in [0.3, 0.4) is 0 Å². The number of benzene rings is 2. The van der Waals surface area contributed by atoms with Crippen LogP contribution >= 0.6 is 0 Å². The molecule has 0 bridgehead atoms. The number of hydrazone groups is 1. The van der Waals surface area contributed by atoms with Crippen molar-refractivity contribution in [2.75, 3.05) is 32.2 Å². The van der Waals surface area contributed by atoms with Crippen molar-refractivity contribution in [2.24, 2.45) is 5.10 Å². The van der Waals surface area contributed by atoms with Crippen LogP contribution in [0.2, 0.25) is 0 Å². The van der Waals surface area contributed by atoms with Gasteiger partial charge in [-0.05, 0) is 62.1 Å². The molecule has 1 aliphatic rings. The predicted octanol–water partition coefficient (Wildman–Crippen LogP) is 4.12. The third kappa shape index (κ3) is 6.88. The Kier molecular flexibility index (Phi) is 9.36. The van der Waals surface area contributed by atoms with Gasteiger partial charge in [0.2, 0.25) is 0 Å². The molecular weight excluding hydrogens is 470 g/mol. The molecule has 0 aliphatic heterocycles. The van der Waals surface area contributed by atoms with Gasteiger partial charge in [0.05, 0.1) is 31.9 Å². The van der Waals surface area contributed by atoms with Crippen molar-refractivity contribution in [3.05, 3.63) is 42.5 Å². The average molecular weight is 504 g/mol. The van der Waals surface area contributed by atoms with Gasteiger partial charge >= 0.3 is 0 Å². The fourth-order valence-electron chi connectivity index (χ4n) is 3.90. The molecule has 190 valence electrons. The zero-order valence-electron chi connectivity index (χ0n) is 20.5. The maximum absolute atomic E-state index is 13.7. The first-order valence-electron chi connectivity index (χ1n) is 11.6. The Labute approximate surface area is 207 Å². The summed E-state index contributed by atoms with van der Waals surface area (Å²) in [4.78, 5) is 12.8. The third-order valence-corrected chi connectivity index (χ3v) is 7.63. The SMILES string of the molecule is COc1ccc(N(CC(=O)NN=C2CCCCCCC2)S(=O)(=O)c2ccc(OC)c(OC)c2)cc1. The highest BCUT2D eigenvalue weighted by Gasteiger charge is 2.28. The topological polar surface area (TPSA) is 107 Å². The number of carbonyl (C=O) groups is 1. The zero-order valence-corrected chi connectivity index (χ0v) is 21.3. The molecule has 1 aliphatic carbocycles. The lowest BCUT2D eigenvalue weighted by Crippen LogP contribution is -2.39. The first-order valence-corrected chi connectivity index (χ1v) is 13.1. The minimum atomic E-state index is -4.13. The Morgan fingerprint density at radius 2 is 1.51 bits per heavy atom. The molecule has 0 atom stereocenters. The normalized spacial score (nSPS) is 14.3. The number of sulfonamides is 1. The van der Waals surface area contributed by atoms with Crippen LogP contribution in [0, 0.1) is 0 Å². The molecule has 1 saturated carbocycles. The summed E-state index contributed by atoms with van der Waals surface area (Å²) in [5, 5.41) is 4.30. The fourth-order valence-corrected chi connectivity index (χ4v) is 5.34. The Morgan fingerprint density at radius 3 is 2.11 bits per heavy atom. The molecule has 10 heteroatoms. The molecule has 1 amide bonds. The largest absolute Gasteiger partial charge is 0.497 e. The lowest BCUT2D eigenvalue weighted by Gasteiger charge is -2.24. The van der Waals surface area contributed by atoms with E-state index >= 15 is 0 Å². The summed E-state index contributed by atoms with van der Waals surface area (Å²) in [6.07, 6.45) is 7.30. The second-order valence-corrected chi connectivity index (χ2v) is 10.1. The first kappa shape index (κ1) is 26.3. The molecule has 0 radical (unpaired) electrons. The van der Waals surface area contributed by atoms with Crippen molar-refractivity contribution in [3.63, 3.8) is 0 Å². The molecule has 0 saturated heterocycles. The van der Waals surface area contributed by atoms with Gasteiger partial charge in [-0.2, -0.15) is 5.10 Å². The van der Waals surface area contributed by atoms with Crippen LogP contribution in [0.4, 0.5) is 5.69 Å². The third-order valence-electron chi connectivity index (χ3n) is 5.86. The highest BCUT2D eigenvalue weighted by atomic mass is 32.2. The molecule has 0 aromatic heterocycles. The number of nitrogens with one attached hydrogen (secondary N) is 1. The number of nitrogens with zero attached hydrogens (tertiary/aromatic N) is 2. The van der Waals surface area contributed by atoms with E-state index in [-0.39, 0.29) is 10.6 Å². The zero-order chi connectivity index (χ0) is 25.3. The number of anilines is 1. The van der Waals surface area contributed by atoms with Crippen molar-refractivity contribution < 1.29 is 27.4 Å². The van der Waals surface area contributed by atoms with E-state index < -0.39 is 22.5 Å². The summed E-state index contributed by atoms with van der Waals surface area (Å²) in [6, 6.07) is 10.8. The van der Waals surface area contributed by atoms with E-state index in [0.717, 1.165) is 48.5 Å². The van der Waals surface area contributed by atoms with Crippen LogP contribution in [-0.4, -0.2) is 47.9 Å². The Balaban J connectivity index is 1.89. The summed E-state index contributed by atoms with van der Waals surface area (Å²) in [5.74, 6) is 0.704. The van der Waals surface area contributed by atoms with E-state index in [1.54, 1.807) is 24.3 Å². The highest BCUT2D eigenvalue weighted by molar-refractivity contribution is 7.92. The molecule has 1 N–H and O–H groups in total. The summed E-state index contributed by atoms with van der Waals surface area (Å²) in [5.41, 5.74) is 3.82. The number of ether oxygens (including phenoxy) is 3. The number of methoxy groups -OCH3 is 3. The van der Waals surface area contributed by atoms with Crippen LogP contribution in [0.5, 0.6) is 17.2 Å². The number of hydrogen-bond donors (Lipinski definition) is 1. The molecule has 2 aromatic carbocycles. The molecule has 2 aromatic rings. The summed E-state index contributed by atoms with van der Waals surface area (Å²) in [6.45, 7) is -0.445. The highest BCUT2D eigenvalue weighted by Crippen LogP contribution is 2.32. The summed E-state index contributed by atoms with van der Waals surface area (Å²) < 4.78 is 44.0. The van der Waals surface area contributed by atoms with Gasteiger partial charge in [0, 0.05) is 11.8 Å². The maximum atomic E-state index is 13.7. The number of hydrogen-bond acceptors (Lipinski definition) is 7. The van der Waals surface area contributed by atoms with Gasteiger partial charge < -0.3 is 14.2 Å². The van der Waals surface area contributed by atoms with Crippen LogP contribution in [0.1, 0.15) is 44.9 Å². The van der Waals surface area contributed by atoms with Crippen LogP contribution in [0.25, 0.3) is 0 Å². The van der Waals surface area contributed by atoms with Crippen molar-refractivity contribution in [3.8, 4) is 17.2 Å². The molecule has 1 fully saturated rings. The lowest BCUT2D eigenvalue weighted by atomic mass is 9.99. The maximum Gasteiger partial charge on any atom is 0.264 e.